The predicted molar refractivity (Wildman–Crippen MR) is 101 cm³/mol. The number of hydrogen-bond acceptors (Lipinski definition) is 4. The molecule has 6 nitrogen and oxygen atoms in total. The molecule has 2 N–H and O–H groups in total. The third-order valence-electron chi connectivity index (χ3n) is 5.50. The van der Waals surface area contributed by atoms with Crippen LogP contribution in [0.15, 0.2) is 24.5 Å². The average Bonchev–Trinajstić information content (AvgIpc) is 2.66. The van der Waals surface area contributed by atoms with Gasteiger partial charge in [0.2, 0.25) is 11.8 Å². The molecule has 0 spiro atoms. The van der Waals surface area contributed by atoms with E-state index in [0.29, 0.717) is 19.0 Å². The first-order chi connectivity index (χ1) is 12.7. The number of hydrogen-bond donors (Lipinski definition) is 2. The van der Waals surface area contributed by atoms with E-state index in [0.717, 1.165) is 25.1 Å². The van der Waals surface area contributed by atoms with E-state index in [9.17, 15) is 9.59 Å². The third kappa shape index (κ3) is 5.53. The molecule has 2 fully saturated rings. The van der Waals surface area contributed by atoms with Crippen molar-refractivity contribution in [1.29, 1.82) is 0 Å². The van der Waals surface area contributed by atoms with Crippen LogP contribution in [0.25, 0.3) is 0 Å². The minimum Gasteiger partial charge on any atom is -0.356 e. The summed E-state index contributed by atoms with van der Waals surface area (Å²) in [6.45, 7) is 3.04. The summed E-state index contributed by atoms with van der Waals surface area (Å²) in [5, 5.41) is 5.87. The summed E-state index contributed by atoms with van der Waals surface area (Å²) < 4.78 is 0. The first-order valence-electron chi connectivity index (χ1n) is 9.90. The van der Waals surface area contributed by atoms with Crippen LogP contribution in [0.4, 0.5) is 0 Å². The van der Waals surface area contributed by atoms with E-state index in [-0.39, 0.29) is 24.3 Å². The number of nitrogens with one attached hydrogen (secondary N) is 2. The largest absolute Gasteiger partial charge is 0.356 e. The summed E-state index contributed by atoms with van der Waals surface area (Å²) in [6, 6.07) is 3.57. The van der Waals surface area contributed by atoms with Gasteiger partial charge in [-0.3, -0.25) is 19.5 Å². The fraction of sp³-hybridized carbons (Fsp3) is 0.650. The van der Waals surface area contributed by atoms with E-state index in [1.54, 1.807) is 6.20 Å². The summed E-state index contributed by atoms with van der Waals surface area (Å²) in [6.07, 6.45) is 11.0. The zero-order chi connectivity index (χ0) is 18.2. The van der Waals surface area contributed by atoms with Crippen molar-refractivity contribution in [1.82, 2.24) is 20.5 Å². The smallest absolute Gasteiger partial charge is 0.237 e. The Morgan fingerprint density at radius 2 is 2.15 bits per heavy atom. The maximum atomic E-state index is 12.4. The number of nitrogens with zero attached hydrogens (tertiary/aromatic N) is 2. The molecule has 0 unspecified atom stereocenters. The Morgan fingerprint density at radius 3 is 2.92 bits per heavy atom. The van der Waals surface area contributed by atoms with E-state index in [4.69, 9.17) is 0 Å². The molecule has 0 bridgehead atoms. The van der Waals surface area contributed by atoms with Gasteiger partial charge in [-0.25, -0.2) is 0 Å². The fourth-order valence-corrected chi connectivity index (χ4v) is 4.04. The summed E-state index contributed by atoms with van der Waals surface area (Å²) in [4.78, 5) is 31.0. The highest BCUT2D eigenvalue weighted by Crippen LogP contribution is 2.25. The SMILES string of the molecule is O=C(C[C@@H]1C(=O)NCCN1CC1CCCCC1)NCCc1cccnc1. The number of aromatic nitrogens is 1. The lowest BCUT2D eigenvalue weighted by molar-refractivity contribution is -0.134. The molecule has 1 atom stereocenters. The van der Waals surface area contributed by atoms with Gasteiger partial charge in [-0.2, -0.15) is 0 Å². The molecule has 1 saturated carbocycles. The molecule has 1 aromatic heterocycles. The van der Waals surface area contributed by atoms with Gasteiger partial charge < -0.3 is 10.6 Å². The Balaban J connectivity index is 1.47. The molecule has 142 valence electrons. The second-order valence-electron chi connectivity index (χ2n) is 7.47. The Labute approximate surface area is 155 Å². The number of amides is 2. The van der Waals surface area contributed by atoms with Crippen LogP contribution >= 0.6 is 0 Å². The summed E-state index contributed by atoms with van der Waals surface area (Å²) >= 11 is 0. The van der Waals surface area contributed by atoms with Gasteiger partial charge >= 0.3 is 0 Å². The first-order valence-corrected chi connectivity index (χ1v) is 9.90. The Bertz CT molecular complexity index is 587. The number of piperazine rings is 1. The maximum absolute atomic E-state index is 12.4. The van der Waals surface area contributed by atoms with E-state index in [1.165, 1.54) is 32.1 Å². The molecule has 1 aromatic rings. The zero-order valence-corrected chi connectivity index (χ0v) is 15.5. The van der Waals surface area contributed by atoms with Crippen molar-refractivity contribution in [2.75, 3.05) is 26.2 Å². The molecule has 2 aliphatic rings. The van der Waals surface area contributed by atoms with Gasteiger partial charge in [0, 0.05) is 38.6 Å². The van der Waals surface area contributed by atoms with Crippen LogP contribution in [0, 0.1) is 5.92 Å². The van der Waals surface area contributed by atoms with Crippen molar-refractivity contribution in [3.63, 3.8) is 0 Å². The number of carbonyl (C=O) groups excluding carboxylic acids is 2. The molecule has 1 aliphatic carbocycles. The van der Waals surface area contributed by atoms with Crippen LogP contribution in [0.2, 0.25) is 0 Å². The van der Waals surface area contributed by atoms with Gasteiger partial charge in [-0.1, -0.05) is 25.3 Å². The topological polar surface area (TPSA) is 74.3 Å². The second kappa shape index (κ2) is 9.67. The summed E-state index contributed by atoms with van der Waals surface area (Å²) in [7, 11) is 0. The van der Waals surface area contributed by atoms with Crippen LogP contribution in [0.1, 0.15) is 44.1 Å². The van der Waals surface area contributed by atoms with Crippen molar-refractivity contribution < 1.29 is 9.59 Å². The van der Waals surface area contributed by atoms with E-state index in [2.05, 4.69) is 20.5 Å². The second-order valence-corrected chi connectivity index (χ2v) is 7.47. The maximum Gasteiger partial charge on any atom is 0.237 e. The van der Waals surface area contributed by atoms with Crippen molar-refractivity contribution in [3.05, 3.63) is 30.1 Å². The van der Waals surface area contributed by atoms with Crippen molar-refractivity contribution in [2.24, 2.45) is 5.92 Å². The number of pyridine rings is 1. The van der Waals surface area contributed by atoms with E-state index < -0.39 is 0 Å². The zero-order valence-electron chi connectivity index (χ0n) is 15.5. The molecule has 3 rings (SSSR count). The van der Waals surface area contributed by atoms with Crippen molar-refractivity contribution in [3.8, 4) is 0 Å². The molecule has 0 aromatic carbocycles. The standard InChI is InChI=1S/C20H30N4O2/c25-19(22-10-8-16-7-4-9-21-14-16)13-18-20(26)23-11-12-24(18)15-17-5-2-1-3-6-17/h4,7,9,14,17-18H,1-3,5-6,8,10-13,15H2,(H,22,25)(H,23,26)/t18-/m1/s1. The molecule has 1 saturated heterocycles. The van der Waals surface area contributed by atoms with Crippen LogP contribution in [0.3, 0.4) is 0 Å². The normalized spacial score (nSPS) is 22.0. The van der Waals surface area contributed by atoms with Gasteiger partial charge in [-0.05, 0) is 36.8 Å². The van der Waals surface area contributed by atoms with Crippen LogP contribution in [0.5, 0.6) is 0 Å². The van der Waals surface area contributed by atoms with Gasteiger partial charge in [0.15, 0.2) is 0 Å². The highest BCUT2D eigenvalue weighted by Gasteiger charge is 2.33. The lowest BCUT2D eigenvalue weighted by Crippen LogP contribution is -2.57. The van der Waals surface area contributed by atoms with Gasteiger partial charge in [0.05, 0.1) is 12.5 Å². The summed E-state index contributed by atoms with van der Waals surface area (Å²) in [5.41, 5.74) is 1.10. The lowest BCUT2D eigenvalue weighted by atomic mass is 9.88. The number of carbonyl (C=O) groups is 2. The molecule has 6 heteroatoms. The van der Waals surface area contributed by atoms with Gasteiger partial charge in [-0.15, -0.1) is 0 Å². The van der Waals surface area contributed by atoms with Gasteiger partial charge in [0.25, 0.3) is 0 Å². The van der Waals surface area contributed by atoms with E-state index in [1.807, 2.05) is 18.3 Å². The minimum absolute atomic E-state index is 0.00512. The van der Waals surface area contributed by atoms with Crippen LogP contribution < -0.4 is 10.6 Å². The summed E-state index contributed by atoms with van der Waals surface area (Å²) in [5.74, 6) is 0.616. The minimum atomic E-state index is -0.330. The average molecular weight is 358 g/mol. The lowest BCUT2D eigenvalue weighted by Gasteiger charge is -2.37. The highest BCUT2D eigenvalue weighted by atomic mass is 16.2. The number of rotatable bonds is 7. The quantitative estimate of drug-likeness (QED) is 0.775. The molecule has 1 aliphatic heterocycles. The molecule has 26 heavy (non-hydrogen) atoms. The molecular formula is C20H30N4O2. The third-order valence-corrected chi connectivity index (χ3v) is 5.50. The molecule has 0 radical (unpaired) electrons. The van der Waals surface area contributed by atoms with E-state index >= 15 is 0 Å². The Morgan fingerprint density at radius 1 is 1.31 bits per heavy atom. The molecule has 2 heterocycles. The fourth-order valence-electron chi connectivity index (χ4n) is 4.04. The molecular weight excluding hydrogens is 328 g/mol. The van der Waals surface area contributed by atoms with Crippen molar-refractivity contribution in [2.45, 2.75) is 51.0 Å². The Kier molecular flexibility index (Phi) is 7.00. The predicted octanol–water partition coefficient (Wildman–Crippen LogP) is 1.51. The van der Waals surface area contributed by atoms with Crippen molar-refractivity contribution >= 4 is 11.8 Å². The highest BCUT2D eigenvalue weighted by molar-refractivity contribution is 5.88. The Hall–Kier alpha value is -1.95. The van der Waals surface area contributed by atoms with Crippen LogP contribution in [-0.2, 0) is 16.0 Å². The van der Waals surface area contributed by atoms with Gasteiger partial charge in [0.1, 0.15) is 0 Å². The van der Waals surface area contributed by atoms with Crippen LogP contribution in [-0.4, -0.2) is 53.9 Å². The molecule has 2 amide bonds. The first kappa shape index (κ1) is 18.8. The monoisotopic (exact) mass is 358 g/mol.